The molecule has 130 valence electrons. The van der Waals surface area contributed by atoms with Crippen LogP contribution in [0.2, 0.25) is 0 Å². The largest absolute Gasteiger partial charge is 0.497 e. The Morgan fingerprint density at radius 3 is 2.62 bits per heavy atom. The average molecular weight is 345 g/mol. The van der Waals surface area contributed by atoms with Crippen LogP contribution in [-0.4, -0.2) is 24.5 Å². The Labute approximate surface area is 152 Å². The van der Waals surface area contributed by atoms with Gasteiger partial charge in [0.25, 0.3) is 5.91 Å². The van der Waals surface area contributed by atoms with E-state index in [4.69, 9.17) is 4.74 Å². The van der Waals surface area contributed by atoms with Crippen LogP contribution in [0.3, 0.4) is 0 Å². The number of ether oxygens (including phenoxy) is 1. The van der Waals surface area contributed by atoms with Crippen molar-refractivity contribution in [1.29, 1.82) is 5.26 Å². The SMILES string of the molecule is CCCNC(=O)c1nc(C#N)c(-c2ccccc2)c2cc(OC)ccc12. The number of amides is 1. The first-order valence-corrected chi connectivity index (χ1v) is 8.45. The third-order valence-corrected chi connectivity index (χ3v) is 4.13. The van der Waals surface area contributed by atoms with Crippen LogP contribution in [0, 0.1) is 11.3 Å². The van der Waals surface area contributed by atoms with E-state index in [2.05, 4.69) is 16.4 Å². The maximum absolute atomic E-state index is 12.6. The van der Waals surface area contributed by atoms with Crippen molar-refractivity contribution in [2.45, 2.75) is 13.3 Å². The number of hydrogen-bond acceptors (Lipinski definition) is 4. The van der Waals surface area contributed by atoms with Crippen LogP contribution < -0.4 is 10.1 Å². The number of aromatic nitrogens is 1. The fraction of sp³-hybridized carbons (Fsp3) is 0.190. The topological polar surface area (TPSA) is 75.0 Å². The van der Waals surface area contributed by atoms with Gasteiger partial charge in [0.05, 0.1) is 7.11 Å². The highest BCUT2D eigenvalue weighted by atomic mass is 16.5. The molecule has 3 rings (SSSR count). The summed E-state index contributed by atoms with van der Waals surface area (Å²) in [7, 11) is 1.59. The number of pyridine rings is 1. The van der Waals surface area contributed by atoms with Crippen molar-refractivity contribution in [3.8, 4) is 22.9 Å². The monoisotopic (exact) mass is 345 g/mol. The summed E-state index contributed by atoms with van der Waals surface area (Å²) in [5, 5.41) is 14.0. The van der Waals surface area contributed by atoms with E-state index in [1.807, 2.05) is 49.4 Å². The third-order valence-electron chi connectivity index (χ3n) is 4.13. The molecule has 0 bridgehead atoms. The van der Waals surface area contributed by atoms with Crippen molar-refractivity contribution >= 4 is 16.7 Å². The van der Waals surface area contributed by atoms with Gasteiger partial charge in [0.15, 0.2) is 0 Å². The summed E-state index contributed by atoms with van der Waals surface area (Å²) >= 11 is 0. The molecule has 0 saturated heterocycles. The number of carbonyl (C=O) groups is 1. The lowest BCUT2D eigenvalue weighted by molar-refractivity contribution is 0.0950. The molecule has 0 radical (unpaired) electrons. The molecule has 26 heavy (non-hydrogen) atoms. The van der Waals surface area contributed by atoms with Gasteiger partial charge in [-0.25, -0.2) is 4.98 Å². The molecule has 2 aromatic carbocycles. The van der Waals surface area contributed by atoms with Crippen molar-refractivity contribution < 1.29 is 9.53 Å². The lowest BCUT2D eigenvalue weighted by Crippen LogP contribution is -2.25. The lowest BCUT2D eigenvalue weighted by Gasteiger charge is -2.14. The first-order chi connectivity index (χ1) is 12.7. The fourth-order valence-corrected chi connectivity index (χ4v) is 2.89. The molecule has 0 spiro atoms. The van der Waals surface area contributed by atoms with Gasteiger partial charge in [-0.15, -0.1) is 0 Å². The van der Waals surface area contributed by atoms with Gasteiger partial charge in [0.2, 0.25) is 0 Å². The number of benzene rings is 2. The summed E-state index contributed by atoms with van der Waals surface area (Å²) in [5.74, 6) is 0.378. The molecular formula is C21H19N3O2. The van der Waals surface area contributed by atoms with Gasteiger partial charge in [-0.3, -0.25) is 4.79 Å². The predicted molar refractivity (Wildman–Crippen MR) is 101 cm³/mol. The lowest BCUT2D eigenvalue weighted by atomic mass is 9.95. The molecular weight excluding hydrogens is 326 g/mol. The summed E-state index contributed by atoms with van der Waals surface area (Å²) in [6, 6.07) is 17.2. The molecule has 5 heteroatoms. The number of carbonyl (C=O) groups excluding carboxylic acids is 1. The van der Waals surface area contributed by atoms with E-state index in [1.165, 1.54) is 0 Å². The molecule has 1 aromatic heterocycles. The van der Waals surface area contributed by atoms with E-state index >= 15 is 0 Å². The standard InChI is InChI=1S/C21H19N3O2/c1-3-11-23-21(25)20-16-10-9-15(26-2)12-17(16)19(18(13-22)24-20)14-7-5-4-6-8-14/h4-10,12H,3,11H2,1-2H3,(H,23,25). The zero-order valence-corrected chi connectivity index (χ0v) is 14.7. The summed E-state index contributed by atoms with van der Waals surface area (Å²) < 4.78 is 5.35. The Bertz CT molecular complexity index is 992. The number of fused-ring (bicyclic) bond motifs is 1. The maximum atomic E-state index is 12.6. The van der Waals surface area contributed by atoms with Gasteiger partial charge >= 0.3 is 0 Å². The normalized spacial score (nSPS) is 10.3. The summed E-state index contributed by atoms with van der Waals surface area (Å²) in [6.45, 7) is 2.54. The molecule has 0 aliphatic rings. The second kappa shape index (κ2) is 7.66. The average Bonchev–Trinajstić information content (AvgIpc) is 2.70. The van der Waals surface area contributed by atoms with Crippen molar-refractivity contribution in [1.82, 2.24) is 10.3 Å². The van der Waals surface area contributed by atoms with E-state index in [1.54, 1.807) is 13.2 Å². The van der Waals surface area contributed by atoms with Gasteiger partial charge < -0.3 is 10.1 Å². The first kappa shape index (κ1) is 17.4. The molecule has 0 fully saturated rings. The highest BCUT2D eigenvalue weighted by molar-refractivity contribution is 6.10. The molecule has 1 heterocycles. The number of nitrogens with one attached hydrogen (secondary N) is 1. The summed E-state index contributed by atoms with van der Waals surface area (Å²) in [5.41, 5.74) is 2.05. The van der Waals surface area contributed by atoms with Gasteiger partial charge in [0.1, 0.15) is 23.2 Å². The highest BCUT2D eigenvalue weighted by Gasteiger charge is 2.20. The third kappa shape index (κ3) is 3.22. The van der Waals surface area contributed by atoms with E-state index in [9.17, 15) is 10.1 Å². The second-order valence-electron chi connectivity index (χ2n) is 5.83. The molecule has 0 aliphatic carbocycles. The van der Waals surface area contributed by atoms with Crippen LogP contribution in [0.4, 0.5) is 0 Å². The zero-order valence-electron chi connectivity index (χ0n) is 14.7. The van der Waals surface area contributed by atoms with Gasteiger partial charge in [-0.1, -0.05) is 37.3 Å². The van der Waals surface area contributed by atoms with E-state index in [-0.39, 0.29) is 17.3 Å². The Morgan fingerprint density at radius 2 is 1.96 bits per heavy atom. The molecule has 0 aliphatic heterocycles. The highest BCUT2D eigenvalue weighted by Crippen LogP contribution is 2.34. The van der Waals surface area contributed by atoms with E-state index in [0.717, 1.165) is 17.4 Å². The Hall–Kier alpha value is -3.39. The van der Waals surface area contributed by atoms with Crippen molar-refractivity contribution in [2.75, 3.05) is 13.7 Å². The quantitative estimate of drug-likeness (QED) is 0.760. The van der Waals surface area contributed by atoms with Gasteiger partial charge in [-0.2, -0.15) is 5.26 Å². The van der Waals surface area contributed by atoms with Crippen LogP contribution >= 0.6 is 0 Å². The van der Waals surface area contributed by atoms with Crippen LogP contribution in [0.15, 0.2) is 48.5 Å². The molecule has 0 saturated carbocycles. The van der Waals surface area contributed by atoms with E-state index in [0.29, 0.717) is 23.2 Å². The second-order valence-corrected chi connectivity index (χ2v) is 5.83. The minimum absolute atomic E-state index is 0.221. The number of nitrogens with zero attached hydrogens (tertiary/aromatic N) is 2. The Balaban J connectivity index is 2.33. The smallest absolute Gasteiger partial charge is 0.270 e. The fourth-order valence-electron chi connectivity index (χ4n) is 2.89. The number of methoxy groups -OCH3 is 1. The summed E-state index contributed by atoms with van der Waals surface area (Å²) in [6.07, 6.45) is 0.824. The minimum atomic E-state index is -0.280. The van der Waals surface area contributed by atoms with Crippen LogP contribution in [0.1, 0.15) is 29.5 Å². The molecule has 3 aromatic rings. The van der Waals surface area contributed by atoms with E-state index < -0.39 is 0 Å². The molecule has 1 amide bonds. The maximum Gasteiger partial charge on any atom is 0.270 e. The molecule has 0 atom stereocenters. The molecule has 0 unspecified atom stereocenters. The van der Waals surface area contributed by atoms with Crippen LogP contribution in [0.25, 0.3) is 21.9 Å². The number of hydrogen-bond donors (Lipinski definition) is 1. The molecule has 1 N–H and O–H groups in total. The minimum Gasteiger partial charge on any atom is -0.497 e. The van der Waals surface area contributed by atoms with Crippen molar-refractivity contribution in [3.05, 3.63) is 59.9 Å². The van der Waals surface area contributed by atoms with Crippen LogP contribution in [-0.2, 0) is 0 Å². The predicted octanol–water partition coefficient (Wildman–Crippen LogP) is 3.92. The number of nitriles is 1. The van der Waals surface area contributed by atoms with Crippen LogP contribution in [0.5, 0.6) is 5.75 Å². The Morgan fingerprint density at radius 1 is 1.19 bits per heavy atom. The number of rotatable bonds is 5. The Kier molecular flexibility index (Phi) is 5.14. The summed E-state index contributed by atoms with van der Waals surface area (Å²) in [4.78, 5) is 17.0. The van der Waals surface area contributed by atoms with Gasteiger partial charge in [0, 0.05) is 17.5 Å². The van der Waals surface area contributed by atoms with Crippen molar-refractivity contribution in [3.63, 3.8) is 0 Å². The first-order valence-electron chi connectivity index (χ1n) is 8.45. The van der Waals surface area contributed by atoms with Gasteiger partial charge in [-0.05, 0) is 35.6 Å². The zero-order chi connectivity index (χ0) is 18.5. The molecule has 5 nitrogen and oxygen atoms in total. The van der Waals surface area contributed by atoms with Crippen molar-refractivity contribution in [2.24, 2.45) is 0 Å².